The van der Waals surface area contributed by atoms with Gasteiger partial charge in [0.25, 0.3) is 0 Å². The summed E-state index contributed by atoms with van der Waals surface area (Å²) in [4.78, 5) is 15.7. The standard InChI is InChI=1S/C25H25N3O/c1-27-17-20-12-13-28(16-19-10-6-3-7-11-19)22-14-21(25(29)24(27)23(20)22)26-15-18-8-4-2-5-9-18/h2-11,14,17,22,26H,12-13,15-16H2,1H3. The van der Waals surface area contributed by atoms with Crippen LogP contribution in [0.5, 0.6) is 0 Å². The molecule has 2 aliphatic rings. The van der Waals surface area contributed by atoms with E-state index in [-0.39, 0.29) is 11.8 Å². The van der Waals surface area contributed by atoms with Crippen molar-refractivity contribution in [3.63, 3.8) is 0 Å². The molecule has 2 aromatic carbocycles. The predicted molar refractivity (Wildman–Crippen MR) is 114 cm³/mol. The molecule has 4 heteroatoms. The third kappa shape index (κ3) is 3.30. The summed E-state index contributed by atoms with van der Waals surface area (Å²) in [5.41, 5.74) is 6.52. The van der Waals surface area contributed by atoms with Crippen LogP contribution in [0.3, 0.4) is 0 Å². The van der Waals surface area contributed by atoms with Gasteiger partial charge in [-0.05, 0) is 29.2 Å². The van der Waals surface area contributed by atoms with Crippen molar-refractivity contribution >= 4 is 5.78 Å². The van der Waals surface area contributed by atoms with E-state index in [4.69, 9.17) is 0 Å². The summed E-state index contributed by atoms with van der Waals surface area (Å²) >= 11 is 0. The zero-order chi connectivity index (χ0) is 19.8. The van der Waals surface area contributed by atoms with E-state index in [2.05, 4.69) is 65.0 Å². The highest BCUT2D eigenvalue weighted by molar-refractivity contribution is 6.10. The molecule has 0 bridgehead atoms. The predicted octanol–water partition coefficient (Wildman–Crippen LogP) is 3.99. The number of aromatic nitrogens is 1. The van der Waals surface area contributed by atoms with E-state index >= 15 is 0 Å². The summed E-state index contributed by atoms with van der Waals surface area (Å²) < 4.78 is 2.02. The van der Waals surface area contributed by atoms with E-state index in [0.29, 0.717) is 12.2 Å². The molecule has 0 amide bonds. The normalized spacial score (nSPS) is 18.3. The Hall–Kier alpha value is -3.11. The van der Waals surface area contributed by atoms with Gasteiger partial charge in [-0.15, -0.1) is 0 Å². The van der Waals surface area contributed by atoms with E-state index in [1.807, 2.05) is 29.8 Å². The fraction of sp³-hybridized carbons (Fsp3) is 0.240. The minimum absolute atomic E-state index is 0.0995. The average Bonchev–Trinajstić information content (AvgIpc) is 3.09. The van der Waals surface area contributed by atoms with Crippen LogP contribution in [0.2, 0.25) is 0 Å². The molecule has 0 fully saturated rings. The van der Waals surface area contributed by atoms with Gasteiger partial charge in [0.1, 0.15) is 0 Å². The molecule has 0 saturated heterocycles. The van der Waals surface area contributed by atoms with Gasteiger partial charge in [0.15, 0.2) is 0 Å². The quantitative estimate of drug-likeness (QED) is 0.724. The van der Waals surface area contributed by atoms with E-state index in [1.54, 1.807) is 0 Å². The van der Waals surface area contributed by atoms with E-state index in [0.717, 1.165) is 25.2 Å². The van der Waals surface area contributed by atoms with Gasteiger partial charge < -0.3 is 9.88 Å². The van der Waals surface area contributed by atoms with Gasteiger partial charge >= 0.3 is 0 Å². The van der Waals surface area contributed by atoms with Gasteiger partial charge in [-0.1, -0.05) is 60.7 Å². The number of allylic oxidation sites excluding steroid dienone is 1. The van der Waals surface area contributed by atoms with Crippen molar-refractivity contribution in [2.45, 2.75) is 25.6 Å². The van der Waals surface area contributed by atoms with E-state index in [1.165, 1.54) is 22.3 Å². The molecule has 3 aromatic rings. The number of rotatable bonds is 5. The lowest BCUT2D eigenvalue weighted by Crippen LogP contribution is -2.38. The fourth-order valence-corrected chi connectivity index (χ4v) is 4.58. The van der Waals surface area contributed by atoms with Crippen molar-refractivity contribution in [3.05, 3.63) is 107 Å². The Labute approximate surface area is 171 Å². The number of Topliss-reactive ketones (excluding diaryl/α,β-unsaturated/α-hetero) is 1. The van der Waals surface area contributed by atoms with Crippen LogP contribution in [0.25, 0.3) is 0 Å². The molecular weight excluding hydrogens is 358 g/mol. The summed E-state index contributed by atoms with van der Waals surface area (Å²) in [6.45, 7) is 2.53. The second-order valence-corrected chi connectivity index (χ2v) is 7.93. The molecular formula is C25H25N3O. The van der Waals surface area contributed by atoms with Crippen molar-refractivity contribution in [1.29, 1.82) is 0 Å². The van der Waals surface area contributed by atoms with E-state index < -0.39 is 0 Å². The molecule has 1 aromatic heterocycles. The summed E-state index contributed by atoms with van der Waals surface area (Å²) in [6.07, 6.45) is 5.27. The Balaban J connectivity index is 1.47. The first-order valence-electron chi connectivity index (χ1n) is 10.2. The van der Waals surface area contributed by atoms with Crippen molar-refractivity contribution in [2.24, 2.45) is 7.05 Å². The van der Waals surface area contributed by atoms with E-state index in [9.17, 15) is 4.79 Å². The number of aryl methyl sites for hydroxylation is 1. The highest BCUT2D eigenvalue weighted by Gasteiger charge is 2.37. The van der Waals surface area contributed by atoms with Gasteiger partial charge in [0, 0.05) is 38.4 Å². The molecule has 146 valence electrons. The van der Waals surface area contributed by atoms with Crippen LogP contribution < -0.4 is 5.32 Å². The Bertz CT molecular complexity index is 1070. The van der Waals surface area contributed by atoms with Crippen LogP contribution >= 0.6 is 0 Å². The maximum atomic E-state index is 13.3. The molecule has 29 heavy (non-hydrogen) atoms. The SMILES string of the molecule is Cn1cc2c3c1C(=O)C(NCc1ccccc1)=CC3N(Cc1ccccc1)CC2. The Morgan fingerprint density at radius 2 is 1.69 bits per heavy atom. The lowest BCUT2D eigenvalue weighted by molar-refractivity contribution is 0.1000. The van der Waals surface area contributed by atoms with Crippen molar-refractivity contribution in [1.82, 2.24) is 14.8 Å². The van der Waals surface area contributed by atoms with Crippen molar-refractivity contribution in [2.75, 3.05) is 6.54 Å². The van der Waals surface area contributed by atoms with Crippen LogP contribution in [-0.4, -0.2) is 21.8 Å². The van der Waals surface area contributed by atoms with Gasteiger partial charge in [0.2, 0.25) is 5.78 Å². The smallest absolute Gasteiger partial charge is 0.225 e. The maximum absolute atomic E-state index is 13.3. The fourth-order valence-electron chi connectivity index (χ4n) is 4.58. The average molecular weight is 383 g/mol. The largest absolute Gasteiger partial charge is 0.378 e. The number of hydrogen-bond donors (Lipinski definition) is 1. The Kier molecular flexibility index (Phi) is 4.57. The molecule has 1 aliphatic carbocycles. The number of benzene rings is 2. The minimum Gasteiger partial charge on any atom is -0.378 e. The van der Waals surface area contributed by atoms with Crippen molar-refractivity contribution < 1.29 is 4.79 Å². The topological polar surface area (TPSA) is 37.3 Å². The molecule has 0 saturated carbocycles. The zero-order valence-corrected chi connectivity index (χ0v) is 16.6. The first-order chi connectivity index (χ1) is 14.2. The number of carbonyl (C=O) groups excluding carboxylic acids is 1. The summed E-state index contributed by atoms with van der Waals surface area (Å²) in [5, 5.41) is 3.41. The van der Waals surface area contributed by atoms with Crippen LogP contribution in [0.1, 0.15) is 38.8 Å². The third-order valence-electron chi connectivity index (χ3n) is 6.00. The van der Waals surface area contributed by atoms with Crippen LogP contribution in [0.15, 0.2) is 78.6 Å². The van der Waals surface area contributed by atoms with Crippen LogP contribution in [-0.2, 0) is 26.6 Å². The first kappa shape index (κ1) is 18.0. The highest BCUT2D eigenvalue weighted by Crippen LogP contribution is 2.39. The first-order valence-corrected chi connectivity index (χ1v) is 10.2. The number of nitrogens with zero attached hydrogens (tertiary/aromatic N) is 2. The molecule has 2 heterocycles. The van der Waals surface area contributed by atoms with Crippen LogP contribution in [0.4, 0.5) is 0 Å². The summed E-state index contributed by atoms with van der Waals surface area (Å²) in [5.74, 6) is 0.0995. The molecule has 1 aliphatic heterocycles. The van der Waals surface area contributed by atoms with Gasteiger partial charge in [-0.25, -0.2) is 0 Å². The monoisotopic (exact) mass is 383 g/mol. The lowest BCUT2D eigenvalue weighted by Gasteiger charge is -2.37. The molecule has 4 nitrogen and oxygen atoms in total. The molecule has 1 N–H and O–H groups in total. The molecule has 0 radical (unpaired) electrons. The second-order valence-electron chi connectivity index (χ2n) is 7.93. The molecule has 1 atom stereocenters. The minimum atomic E-state index is 0.0995. The summed E-state index contributed by atoms with van der Waals surface area (Å²) in [6, 6.07) is 20.9. The van der Waals surface area contributed by atoms with Gasteiger partial charge in [-0.3, -0.25) is 9.69 Å². The second kappa shape index (κ2) is 7.37. The number of nitrogens with one attached hydrogen (secondary N) is 1. The number of ketones is 1. The molecule has 5 rings (SSSR count). The molecule has 0 spiro atoms. The Morgan fingerprint density at radius 3 is 2.41 bits per heavy atom. The van der Waals surface area contributed by atoms with Crippen molar-refractivity contribution in [3.8, 4) is 0 Å². The van der Waals surface area contributed by atoms with Crippen LogP contribution in [0, 0.1) is 0 Å². The maximum Gasteiger partial charge on any atom is 0.225 e. The number of carbonyl (C=O) groups is 1. The number of hydrogen-bond acceptors (Lipinski definition) is 3. The lowest BCUT2D eigenvalue weighted by atomic mass is 9.87. The van der Waals surface area contributed by atoms with Gasteiger partial charge in [0.05, 0.1) is 17.4 Å². The Morgan fingerprint density at radius 1 is 1.00 bits per heavy atom. The highest BCUT2D eigenvalue weighted by atomic mass is 16.1. The summed E-state index contributed by atoms with van der Waals surface area (Å²) in [7, 11) is 1.99. The third-order valence-corrected chi connectivity index (χ3v) is 6.00. The van der Waals surface area contributed by atoms with Gasteiger partial charge in [-0.2, -0.15) is 0 Å². The molecule has 1 unspecified atom stereocenters. The zero-order valence-electron chi connectivity index (χ0n) is 16.6.